The average molecular weight is 374 g/mol. The van der Waals surface area contributed by atoms with Crippen LogP contribution in [-0.2, 0) is 0 Å². The van der Waals surface area contributed by atoms with E-state index >= 15 is 0 Å². The topological polar surface area (TPSA) is 91.4 Å². The Bertz CT molecular complexity index is 925. The van der Waals surface area contributed by atoms with Crippen molar-refractivity contribution in [3.8, 4) is 0 Å². The van der Waals surface area contributed by atoms with Crippen LogP contribution in [0.1, 0.15) is 43.0 Å². The third-order valence-corrected chi connectivity index (χ3v) is 4.53. The molecule has 0 saturated heterocycles. The SMILES string of the molecule is CC(Nc1ncnc(Nc2cc(C3CC3)[nH]n2)n1)c1ccc(F)cc1Cl. The highest BCUT2D eigenvalue weighted by molar-refractivity contribution is 6.31. The van der Waals surface area contributed by atoms with E-state index in [9.17, 15) is 4.39 Å². The Morgan fingerprint density at radius 2 is 2.04 bits per heavy atom. The number of aromatic nitrogens is 5. The van der Waals surface area contributed by atoms with Crippen LogP contribution in [-0.4, -0.2) is 25.1 Å². The van der Waals surface area contributed by atoms with Crippen molar-refractivity contribution in [2.45, 2.75) is 31.7 Å². The summed E-state index contributed by atoms with van der Waals surface area (Å²) in [5.74, 6) is 1.65. The van der Waals surface area contributed by atoms with Crippen LogP contribution in [0.25, 0.3) is 0 Å². The molecule has 0 bridgehead atoms. The normalized spacial score (nSPS) is 14.9. The summed E-state index contributed by atoms with van der Waals surface area (Å²) in [5.41, 5.74) is 1.88. The number of aromatic amines is 1. The van der Waals surface area contributed by atoms with Crippen LogP contribution in [0.5, 0.6) is 0 Å². The summed E-state index contributed by atoms with van der Waals surface area (Å²) in [6.07, 6.45) is 3.81. The van der Waals surface area contributed by atoms with E-state index in [1.54, 1.807) is 6.07 Å². The number of H-pyrrole nitrogens is 1. The van der Waals surface area contributed by atoms with Crippen LogP contribution in [0.2, 0.25) is 5.02 Å². The highest BCUT2D eigenvalue weighted by atomic mass is 35.5. The summed E-state index contributed by atoms with van der Waals surface area (Å²) in [4.78, 5) is 12.6. The molecule has 7 nitrogen and oxygen atoms in total. The lowest BCUT2D eigenvalue weighted by Gasteiger charge is -2.15. The molecule has 134 valence electrons. The van der Waals surface area contributed by atoms with Gasteiger partial charge in [0.1, 0.15) is 12.1 Å². The summed E-state index contributed by atoms with van der Waals surface area (Å²) in [6, 6.07) is 6.05. The van der Waals surface area contributed by atoms with Gasteiger partial charge in [-0.1, -0.05) is 17.7 Å². The van der Waals surface area contributed by atoms with Crippen LogP contribution in [0.3, 0.4) is 0 Å². The lowest BCUT2D eigenvalue weighted by molar-refractivity contribution is 0.626. The number of halogens is 2. The molecule has 26 heavy (non-hydrogen) atoms. The Labute approximate surface area is 154 Å². The van der Waals surface area contributed by atoms with Gasteiger partial charge in [-0.05, 0) is 37.5 Å². The highest BCUT2D eigenvalue weighted by Gasteiger charge is 2.25. The number of hydrogen-bond donors (Lipinski definition) is 3. The Kier molecular flexibility index (Phi) is 4.42. The van der Waals surface area contributed by atoms with E-state index in [0.29, 0.717) is 28.7 Å². The van der Waals surface area contributed by atoms with Crippen LogP contribution in [0.4, 0.5) is 22.1 Å². The van der Waals surface area contributed by atoms with Gasteiger partial charge in [0, 0.05) is 22.7 Å². The van der Waals surface area contributed by atoms with Gasteiger partial charge in [0.25, 0.3) is 0 Å². The van der Waals surface area contributed by atoms with Crippen LogP contribution < -0.4 is 10.6 Å². The van der Waals surface area contributed by atoms with E-state index in [1.807, 2.05) is 13.0 Å². The average Bonchev–Trinajstić information content (AvgIpc) is 3.35. The second-order valence-electron chi connectivity index (χ2n) is 6.27. The van der Waals surface area contributed by atoms with Gasteiger partial charge < -0.3 is 10.6 Å². The number of hydrogen-bond acceptors (Lipinski definition) is 6. The van der Waals surface area contributed by atoms with Gasteiger partial charge in [0.05, 0.1) is 6.04 Å². The quantitative estimate of drug-likeness (QED) is 0.600. The molecule has 1 unspecified atom stereocenters. The molecule has 1 aromatic carbocycles. The standard InChI is InChI=1S/C17H17ClFN7/c1-9(12-5-4-11(19)6-13(12)18)22-16-20-8-21-17(24-16)23-15-7-14(25-26-15)10-2-3-10/h4-10H,2-3H2,1H3,(H3,20,21,22,23,24,25,26). The van der Waals surface area contributed by atoms with E-state index < -0.39 is 0 Å². The molecular formula is C17H17ClFN7. The van der Waals surface area contributed by atoms with Crippen LogP contribution in [0, 0.1) is 5.82 Å². The monoisotopic (exact) mass is 373 g/mol. The first kappa shape index (κ1) is 16.7. The number of nitrogens with zero attached hydrogens (tertiary/aromatic N) is 4. The lowest BCUT2D eigenvalue weighted by atomic mass is 10.1. The van der Waals surface area contributed by atoms with E-state index in [1.165, 1.54) is 31.3 Å². The Balaban J connectivity index is 1.46. The first-order valence-electron chi connectivity index (χ1n) is 8.31. The van der Waals surface area contributed by atoms with Crippen molar-refractivity contribution in [3.05, 3.63) is 52.7 Å². The lowest BCUT2D eigenvalue weighted by Crippen LogP contribution is -2.11. The molecule has 1 saturated carbocycles. The summed E-state index contributed by atoms with van der Waals surface area (Å²) in [7, 11) is 0. The van der Waals surface area contributed by atoms with Crippen molar-refractivity contribution in [1.29, 1.82) is 0 Å². The minimum absolute atomic E-state index is 0.204. The molecule has 0 spiro atoms. The van der Waals surface area contributed by atoms with Crippen LogP contribution in [0.15, 0.2) is 30.6 Å². The zero-order valence-electron chi connectivity index (χ0n) is 14.0. The Morgan fingerprint density at radius 3 is 2.81 bits per heavy atom. The molecule has 1 fully saturated rings. The van der Waals surface area contributed by atoms with Gasteiger partial charge in [-0.15, -0.1) is 0 Å². The van der Waals surface area contributed by atoms with Crippen molar-refractivity contribution in [2.75, 3.05) is 10.6 Å². The Morgan fingerprint density at radius 1 is 1.23 bits per heavy atom. The van der Waals surface area contributed by atoms with Crippen molar-refractivity contribution in [2.24, 2.45) is 0 Å². The fraction of sp³-hybridized carbons (Fsp3) is 0.294. The third kappa shape index (κ3) is 3.75. The fourth-order valence-corrected chi connectivity index (χ4v) is 3.00. The van der Waals surface area contributed by atoms with Crippen LogP contribution >= 0.6 is 11.6 Å². The third-order valence-electron chi connectivity index (χ3n) is 4.20. The summed E-state index contributed by atoms with van der Waals surface area (Å²) < 4.78 is 13.2. The van der Waals surface area contributed by atoms with Gasteiger partial charge in [0.2, 0.25) is 11.9 Å². The zero-order valence-corrected chi connectivity index (χ0v) is 14.8. The van der Waals surface area contributed by atoms with Gasteiger partial charge in [-0.25, -0.2) is 14.4 Å². The Hall–Kier alpha value is -2.74. The summed E-state index contributed by atoms with van der Waals surface area (Å²) in [6.45, 7) is 1.89. The van der Waals surface area contributed by atoms with Crippen molar-refractivity contribution in [1.82, 2.24) is 25.1 Å². The number of anilines is 3. The molecular weight excluding hydrogens is 357 g/mol. The molecule has 3 N–H and O–H groups in total. The van der Waals surface area contributed by atoms with Crippen molar-refractivity contribution >= 4 is 29.3 Å². The van der Waals surface area contributed by atoms with Crippen molar-refractivity contribution < 1.29 is 4.39 Å². The van der Waals surface area contributed by atoms with E-state index in [2.05, 4.69) is 35.8 Å². The predicted molar refractivity (Wildman–Crippen MR) is 97.1 cm³/mol. The molecule has 2 aromatic heterocycles. The molecule has 2 heterocycles. The molecule has 1 aliphatic carbocycles. The molecule has 0 radical (unpaired) electrons. The first-order valence-corrected chi connectivity index (χ1v) is 8.69. The molecule has 4 rings (SSSR count). The van der Waals surface area contributed by atoms with E-state index in [4.69, 9.17) is 11.6 Å². The first-order chi connectivity index (χ1) is 12.6. The number of nitrogens with one attached hydrogen (secondary N) is 3. The largest absolute Gasteiger partial charge is 0.348 e. The minimum Gasteiger partial charge on any atom is -0.348 e. The van der Waals surface area contributed by atoms with Gasteiger partial charge in [0.15, 0.2) is 5.82 Å². The molecule has 3 aromatic rings. The maximum absolute atomic E-state index is 13.2. The maximum Gasteiger partial charge on any atom is 0.233 e. The molecule has 0 aliphatic heterocycles. The molecule has 0 amide bonds. The minimum atomic E-state index is -0.373. The second kappa shape index (κ2) is 6.87. The summed E-state index contributed by atoms with van der Waals surface area (Å²) >= 11 is 6.10. The van der Waals surface area contributed by atoms with Gasteiger partial charge >= 0.3 is 0 Å². The fourth-order valence-electron chi connectivity index (χ4n) is 2.67. The van der Waals surface area contributed by atoms with Crippen molar-refractivity contribution in [3.63, 3.8) is 0 Å². The second-order valence-corrected chi connectivity index (χ2v) is 6.68. The number of benzene rings is 1. The molecule has 9 heteroatoms. The molecule has 1 atom stereocenters. The molecule has 1 aliphatic rings. The highest BCUT2D eigenvalue weighted by Crippen LogP contribution is 2.39. The number of rotatable bonds is 6. The summed E-state index contributed by atoms with van der Waals surface area (Å²) in [5, 5.41) is 13.8. The smallest absolute Gasteiger partial charge is 0.233 e. The maximum atomic E-state index is 13.2. The predicted octanol–water partition coefficient (Wildman–Crippen LogP) is 4.18. The van der Waals surface area contributed by atoms with Gasteiger partial charge in [-0.2, -0.15) is 10.1 Å². The zero-order chi connectivity index (χ0) is 18.1. The van der Waals surface area contributed by atoms with E-state index in [-0.39, 0.29) is 11.9 Å². The van der Waals surface area contributed by atoms with Gasteiger partial charge in [-0.3, -0.25) is 5.10 Å². The van der Waals surface area contributed by atoms with E-state index in [0.717, 1.165) is 11.3 Å².